The molecule has 0 N–H and O–H groups in total. The number of imidazole rings is 1. The van der Waals surface area contributed by atoms with Crippen LogP contribution in [0.1, 0.15) is 17.1 Å². The molecule has 154 valence electrons. The highest BCUT2D eigenvalue weighted by atomic mass is 32.2. The third-order valence-electron chi connectivity index (χ3n) is 5.05. The van der Waals surface area contributed by atoms with Gasteiger partial charge in [0.2, 0.25) is 0 Å². The standard InChI is InChI=1S/C24H20N4O2S/c29-23-20-10-4-5-11-21(20)26-24(28(23)16-19-9-6-14-30-19)31-17-22-25-12-13-27(22)15-18-7-2-1-3-8-18/h1-14H,15-17H2. The summed E-state index contributed by atoms with van der Waals surface area (Å²) in [5.74, 6) is 2.25. The Morgan fingerprint density at radius 3 is 2.61 bits per heavy atom. The molecule has 0 atom stereocenters. The van der Waals surface area contributed by atoms with Gasteiger partial charge < -0.3 is 8.98 Å². The maximum Gasteiger partial charge on any atom is 0.262 e. The van der Waals surface area contributed by atoms with Crippen molar-refractivity contribution in [3.63, 3.8) is 0 Å². The number of hydrogen-bond donors (Lipinski definition) is 0. The van der Waals surface area contributed by atoms with Gasteiger partial charge in [0, 0.05) is 18.9 Å². The SMILES string of the molecule is O=c1c2ccccc2nc(SCc2nccn2Cc2ccccc2)n1Cc1ccco1. The minimum atomic E-state index is -0.0721. The van der Waals surface area contributed by atoms with Gasteiger partial charge in [-0.25, -0.2) is 9.97 Å². The largest absolute Gasteiger partial charge is 0.467 e. The van der Waals surface area contributed by atoms with Crippen molar-refractivity contribution < 1.29 is 4.42 Å². The van der Waals surface area contributed by atoms with Gasteiger partial charge in [-0.1, -0.05) is 54.2 Å². The lowest BCUT2D eigenvalue weighted by Gasteiger charge is -2.13. The van der Waals surface area contributed by atoms with Crippen molar-refractivity contribution in [2.75, 3.05) is 0 Å². The van der Waals surface area contributed by atoms with Crippen molar-refractivity contribution in [1.82, 2.24) is 19.1 Å². The number of nitrogens with zero attached hydrogens (tertiary/aromatic N) is 4. The summed E-state index contributed by atoms with van der Waals surface area (Å²) in [4.78, 5) is 22.5. The molecule has 0 amide bonds. The number of hydrogen-bond acceptors (Lipinski definition) is 5. The molecule has 0 bridgehead atoms. The summed E-state index contributed by atoms with van der Waals surface area (Å²) in [5.41, 5.74) is 1.83. The molecule has 2 aromatic carbocycles. The first kappa shape index (κ1) is 19.4. The van der Waals surface area contributed by atoms with Gasteiger partial charge in [-0.3, -0.25) is 9.36 Å². The highest BCUT2D eigenvalue weighted by Crippen LogP contribution is 2.23. The highest BCUT2D eigenvalue weighted by molar-refractivity contribution is 7.98. The van der Waals surface area contributed by atoms with Crippen molar-refractivity contribution in [3.05, 3.63) is 113 Å². The van der Waals surface area contributed by atoms with E-state index in [9.17, 15) is 4.79 Å². The second-order valence-corrected chi connectivity index (χ2v) is 8.07. The Balaban J connectivity index is 1.45. The second kappa shape index (κ2) is 8.65. The van der Waals surface area contributed by atoms with Crippen molar-refractivity contribution >= 4 is 22.7 Å². The molecular formula is C24H20N4O2S. The number of aromatic nitrogens is 4. The molecule has 0 saturated heterocycles. The maximum atomic E-state index is 13.2. The summed E-state index contributed by atoms with van der Waals surface area (Å²) in [6.45, 7) is 1.09. The van der Waals surface area contributed by atoms with Gasteiger partial charge >= 0.3 is 0 Å². The van der Waals surface area contributed by atoms with E-state index >= 15 is 0 Å². The van der Waals surface area contributed by atoms with E-state index in [0.29, 0.717) is 34.1 Å². The summed E-state index contributed by atoms with van der Waals surface area (Å²) in [6.07, 6.45) is 5.40. The molecule has 0 fully saturated rings. The van der Waals surface area contributed by atoms with Gasteiger partial charge in [0.1, 0.15) is 11.6 Å². The van der Waals surface area contributed by atoms with Crippen LogP contribution in [0, 0.1) is 0 Å². The van der Waals surface area contributed by atoms with E-state index in [-0.39, 0.29) is 5.56 Å². The van der Waals surface area contributed by atoms with Crippen LogP contribution in [0.15, 0.2) is 99.8 Å². The van der Waals surface area contributed by atoms with Crippen LogP contribution < -0.4 is 5.56 Å². The minimum Gasteiger partial charge on any atom is -0.467 e. The Bertz CT molecular complexity index is 1360. The number of furan rings is 1. The minimum absolute atomic E-state index is 0.0721. The summed E-state index contributed by atoms with van der Waals surface area (Å²) < 4.78 is 9.28. The van der Waals surface area contributed by atoms with Crippen LogP contribution in [0.2, 0.25) is 0 Å². The molecule has 3 heterocycles. The van der Waals surface area contributed by atoms with Gasteiger partial charge in [-0.15, -0.1) is 0 Å². The summed E-state index contributed by atoms with van der Waals surface area (Å²) in [7, 11) is 0. The fraction of sp³-hybridized carbons (Fsp3) is 0.125. The molecule has 0 saturated carbocycles. The van der Waals surface area contributed by atoms with Crippen LogP contribution in [-0.2, 0) is 18.8 Å². The molecule has 0 radical (unpaired) electrons. The van der Waals surface area contributed by atoms with Crippen molar-refractivity contribution in [2.24, 2.45) is 0 Å². The van der Waals surface area contributed by atoms with E-state index in [4.69, 9.17) is 9.40 Å². The molecule has 0 aliphatic carbocycles. The zero-order valence-electron chi connectivity index (χ0n) is 16.7. The molecule has 0 spiro atoms. The third-order valence-corrected chi connectivity index (χ3v) is 6.02. The van der Waals surface area contributed by atoms with Gasteiger partial charge in [0.25, 0.3) is 5.56 Å². The third kappa shape index (κ3) is 4.18. The van der Waals surface area contributed by atoms with Gasteiger partial charge in [-0.05, 0) is 29.8 Å². The predicted molar refractivity (Wildman–Crippen MR) is 121 cm³/mol. The summed E-state index contributed by atoms with van der Waals surface area (Å²) in [6, 6.07) is 21.4. The fourth-order valence-electron chi connectivity index (χ4n) is 3.49. The van der Waals surface area contributed by atoms with Crippen molar-refractivity contribution in [2.45, 2.75) is 24.0 Å². The van der Waals surface area contributed by atoms with E-state index in [1.807, 2.05) is 67.0 Å². The molecule has 0 unspecified atom stereocenters. The van der Waals surface area contributed by atoms with Crippen LogP contribution in [0.4, 0.5) is 0 Å². The Hall–Kier alpha value is -3.58. The Labute approximate surface area is 183 Å². The van der Waals surface area contributed by atoms with Crippen molar-refractivity contribution in [1.29, 1.82) is 0 Å². The van der Waals surface area contributed by atoms with Gasteiger partial charge in [0.05, 0.1) is 29.5 Å². The van der Waals surface area contributed by atoms with Crippen LogP contribution in [-0.4, -0.2) is 19.1 Å². The van der Waals surface area contributed by atoms with Gasteiger partial charge in [-0.2, -0.15) is 0 Å². The monoisotopic (exact) mass is 428 g/mol. The Morgan fingerprint density at radius 1 is 0.935 bits per heavy atom. The van der Waals surface area contributed by atoms with Crippen LogP contribution in [0.5, 0.6) is 0 Å². The number of fused-ring (bicyclic) bond motifs is 1. The van der Waals surface area contributed by atoms with Crippen LogP contribution in [0.25, 0.3) is 10.9 Å². The normalized spacial score (nSPS) is 11.2. The molecule has 6 nitrogen and oxygen atoms in total. The zero-order chi connectivity index (χ0) is 21.0. The summed E-state index contributed by atoms with van der Waals surface area (Å²) >= 11 is 1.51. The first-order chi connectivity index (χ1) is 15.3. The number of rotatable bonds is 7. The fourth-order valence-corrected chi connectivity index (χ4v) is 4.45. The zero-order valence-corrected chi connectivity index (χ0v) is 17.5. The molecule has 0 aliphatic heterocycles. The molecule has 31 heavy (non-hydrogen) atoms. The number of para-hydroxylation sites is 1. The van der Waals surface area contributed by atoms with Crippen LogP contribution in [0.3, 0.4) is 0 Å². The van der Waals surface area contributed by atoms with E-state index in [1.165, 1.54) is 17.3 Å². The first-order valence-electron chi connectivity index (χ1n) is 9.96. The second-order valence-electron chi connectivity index (χ2n) is 7.13. The molecular weight excluding hydrogens is 408 g/mol. The van der Waals surface area contributed by atoms with Crippen LogP contribution >= 0.6 is 11.8 Å². The first-order valence-corrected chi connectivity index (χ1v) is 11.0. The van der Waals surface area contributed by atoms with E-state index in [0.717, 1.165) is 12.4 Å². The lowest BCUT2D eigenvalue weighted by molar-refractivity contribution is 0.476. The topological polar surface area (TPSA) is 65.8 Å². The summed E-state index contributed by atoms with van der Waals surface area (Å²) in [5, 5.41) is 1.25. The lowest BCUT2D eigenvalue weighted by Crippen LogP contribution is -2.23. The number of thioether (sulfide) groups is 1. The van der Waals surface area contributed by atoms with Gasteiger partial charge in [0.15, 0.2) is 5.16 Å². The van der Waals surface area contributed by atoms with E-state index in [1.54, 1.807) is 10.8 Å². The molecule has 0 aliphatic rings. The number of benzene rings is 2. The Morgan fingerprint density at radius 2 is 1.77 bits per heavy atom. The highest BCUT2D eigenvalue weighted by Gasteiger charge is 2.14. The maximum absolute atomic E-state index is 13.2. The smallest absolute Gasteiger partial charge is 0.262 e. The quantitative estimate of drug-likeness (QED) is 0.281. The van der Waals surface area contributed by atoms with E-state index in [2.05, 4.69) is 21.7 Å². The molecule has 5 rings (SSSR count). The molecule has 3 aromatic heterocycles. The molecule has 5 aromatic rings. The lowest BCUT2D eigenvalue weighted by atomic mass is 10.2. The average Bonchev–Trinajstić information content (AvgIpc) is 3.47. The Kier molecular flexibility index (Phi) is 5.41. The van der Waals surface area contributed by atoms with Crippen molar-refractivity contribution in [3.8, 4) is 0 Å². The van der Waals surface area contributed by atoms with E-state index < -0.39 is 0 Å². The average molecular weight is 429 g/mol. The molecule has 7 heteroatoms. The predicted octanol–water partition coefficient (Wildman–Crippen LogP) is 4.57.